The molecule has 3 N–H and O–H groups in total. The Bertz CT molecular complexity index is 624. The summed E-state index contributed by atoms with van der Waals surface area (Å²) >= 11 is 0. The fraction of sp³-hybridized carbons (Fsp3) is 0.188. The highest BCUT2D eigenvalue weighted by Crippen LogP contribution is 2.24. The largest absolute Gasteiger partial charge is 0.398 e. The highest BCUT2D eigenvalue weighted by molar-refractivity contribution is 5.99. The second-order valence-corrected chi connectivity index (χ2v) is 4.57. The fourth-order valence-electron chi connectivity index (χ4n) is 2.04. The number of carbonyl (C=O) groups excluding carboxylic acids is 1. The molecule has 0 aliphatic heterocycles. The Morgan fingerprint density at radius 3 is 2.65 bits per heavy atom. The molecular formula is C16H18N2O2. The number of nitrogen functional groups attached to an aromatic ring is 1. The first kappa shape index (κ1) is 14.1. The molecular weight excluding hydrogens is 252 g/mol. The number of Topliss-reactive ketones (excluding diaryl/α,β-unsaturated/α-hetero) is 1. The van der Waals surface area contributed by atoms with Gasteiger partial charge in [-0.15, -0.1) is 0 Å². The average Bonchev–Trinajstić information content (AvgIpc) is 2.41. The molecule has 0 spiro atoms. The van der Waals surface area contributed by atoms with Crippen LogP contribution >= 0.6 is 0 Å². The summed E-state index contributed by atoms with van der Waals surface area (Å²) in [5.74, 6) is -0.0335. The smallest absolute Gasteiger partial charge is 0.161 e. The molecule has 2 rings (SSSR count). The summed E-state index contributed by atoms with van der Waals surface area (Å²) in [6.45, 7) is 2.04. The van der Waals surface area contributed by atoms with E-state index in [-0.39, 0.29) is 5.78 Å². The Balaban J connectivity index is 2.26. The number of hydrogen-bond acceptors (Lipinski definition) is 4. The zero-order chi connectivity index (χ0) is 14.5. The maximum absolute atomic E-state index is 11.4. The van der Waals surface area contributed by atoms with E-state index in [4.69, 9.17) is 10.5 Å². The van der Waals surface area contributed by atoms with Gasteiger partial charge in [-0.2, -0.15) is 0 Å². The number of rotatable bonds is 5. The minimum absolute atomic E-state index is 0.0335. The highest BCUT2D eigenvalue weighted by Gasteiger charge is 2.07. The molecule has 0 aliphatic carbocycles. The summed E-state index contributed by atoms with van der Waals surface area (Å²) < 4.78 is 5.17. The summed E-state index contributed by atoms with van der Waals surface area (Å²) in [5.41, 5.74) is 9.77. The van der Waals surface area contributed by atoms with E-state index in [9.17, 15) is 4.79 Å². The third kappa shape index (κ3) is 3.16. The van der Waals surface area contributed by atoms with E-state index in [0.717, 1.165) is 16.9 Å². The number of methoxy groups -OCH3 is 1. The van der Waals surface area contributed by atoms with Crippen molar-refractivity contribution in [2.45, 2.75) is 13.5 Å². The van der Waals surface area contributed by atoms with E-state index in [1.165, 1.54) is 6.92 Å². The van der Waals surface area contributed by atoms with Crippen LogP contribution in [0.3, 0.4) is 0 Å². The maximum Gasteiger partial charge on any atom is 0.161 e. The zero-order valence-corrected chi connectivity index (χ0v) is 11.6. The van der Waals surface area contributed by atoms with E-state index < -0.39 is 0 Å². The van der Waals surface area contributed by atoms with Crippen molar-refractivity contribution in [2.75, 3.05) is 18.2 Å². The molecule has 104 valence electrons. The topological polar surface area (TPSA) is 64.3 Å². The van der Waals surface area contributed by atoms with Crippen molar-refractivity contribution in [1.29, 1.82) is 0 Å². The van der Waals surface area contributed by atoms with Crippen molar-refractivity contribution >= 4 is 22.8 Å². The van der Waals surface area contributed by atoms with E-state index in [2.05, 4.69) is 5.32 Å². The summed E-state index contributed by atoms with van der Waals surface area (Å²) in [5, 5.41) is 3.29. The molecule has 0 amide bonds. The van der Waals surface area contributed by atoms with Crippen LogP contribution in [0.2, 0.25) is 0 Å². The second-order valence-electron chi connectivity index (χ2n) is 4.57. The Morgan fingerprint density at radius 2 is 2.00 bits per heavy atom. The number of ketones is 1. The molecule has 0 aliphatic rings. The molecule has 0 bridgehead atoms. The number of benzene rings is 2. The van der Waals surface area contributed by atoms with Gasteiger partial charge in [-0.25, -0.2) is 0 Å². The average molecular weight is 270 g/mol. The van der Waals surface area contributed by atoms with E-state index in [1.54, 1.807) is 19.2 Å². The molecule has 20 heavy (non-hydrogen) atoms. The van der Waals surface area contributed by atoms with Crippen LogP contribution in [-0.2, 0) is 11.3 Å². The van der Waals surface area contributed by atoms with Crippen LogP contribution in [0.4, 0.5) is 17.1 Å². The van der Waals surface area contributed by atoms with Gasteiger partial charge in [0.2, 0.25) is 0 Å². The Morgan fingerprint density at radius 1 is 1.25 bits per heavy atom. The molecule has 0 aromatic heterocycles. The van der Waals surface area contributed by atoms with Crippen LogP contribution in [0.15, 0.2) is 42.5 Å². The van der Waals surface area contributed by atoms with Gasteiger partial charge >= 0.3 is 0 Å². The summed E-state index contributed by atoms with van der Waals surface area (Å²) in [6, 6.07) is 13.2. The molecule has 0 unspecified atom stereocenters. The number of nitrogens with two attached hydrogens (primary N) is 1. The van der Waals surface area contributed by atoms with Crippen LogP contribution in [0, 0.1) is 0 Å². The molecule has 2 aromatic carbocycles. The first-order valence-corrected chi connectivity index (χ1v) is 6.36. The lowest BCUT2D eigenvalue weighted by molar-refractivity contribution is 0.101. The summed E-state index contributed by atoms with van der Waals surface area (Å²) in [6.07, 6.45) is 0. The SMILES string of the molecule is COCc1ccccc1Nc1ccc(C(C)=O)c(N)c1. The number of nitrogens with one attached hydrogen (secondary N) is 1. The predicted octanol–water partition coefficient (Wildman–Crippen LogP) is 3.36. The number of hydrogen-bond donors (Lipinski definition) is 2. The highest BCUT2D eigenvalue weighted by atomic mass is 16.5. The molecule has 4 heteroatoms. The van der Waals surface area contributed by atoms with Crippen LogP contribution < -0.4 is 11.1 Å². The molecule has 4 nitrogen and oxygen atoms in total. The Hall–Kier alpha value is -2.33. The van der Waals surface area contributed by atoms with Gasteiger partial charge in [0.25, 0.3) is 0 Å². The van der Waals surface area contributed by atoms with Gasteiger partial charge in [-0.3, -0.25) is 4.79 Å². The van der Waals surface area contributed by atoms with E-state index in [0.29, 0.717) is 17.9 Å². The van der Waals surface area contributed by atoms with Gasteiger partial charge in [0.15, 0.2) is 5.78 Å². The zero-order valence-electron chi connectivity index (χ0n) is 11.6. The van der Waals surface area contributed by atoms with E-state index in [1.807, 2.05) is 30.3 Å². The lowest BCUT2D eigenvalue weighted by Gasteiger charge is -2.12. The third-order valence-electron chi connectivity index (χ3n) is 3.03. The van der Waals surface area contributed by atoms with Crippen LogP contribution in [0.5, 0.6) is 0 Å². The van der Waals surface area contributed by atoms with Crippen molar-refractivity contribution in [1.82, 2.24) is 0 Å². The molecule has 0 saturated carbocycles. The van der Waals surface area contributed by atoms with Gasteiger partial charge < -0.3 is 15.8 Å². The van der Waals surface area contributed by atoms with Gasteiger partial charge in [0.05, 0.1) is 6.61 Å². The predicted molar refractivity (Wildman–Crippen MR) is 81.3 cm³/mol. The number of para-hydroxylation sites is 1. The second kappa shape index (κ2) is 6.21. The minimum Gasteiger partial charge on any atom is -0.398 e. The molecule has 0 atom stereocenters. The molecule has 0 heterocycles. The lowest BCUT2D eigenvalue weighted by atomic mass is 10.1. The van der Waals surface area contributed by atoms with Crippen molar-refractivity contribution in [3.63, 3.8) is 0 Å². The number of carbonyl (C=O) groups is 1. The standard InChI is InChI=1S/C16H18N2O2/c1-11(19)14-8-7-13(9-15(14)17)18-16-6-4-3-5-12(16)10-20-2/h3-9,18H,10,17H2,1-2H3. The quantitative estimate of drug-likeness (QED) is 0.646. The Labute approximate surface area is 118 Å². The lowest BCUT2D eigenvalue weighted by Crippen LogP contribution is -2.02. The minimum atomic E-state index is -0.0335. The third-order valence-corrected chi connectivity index (χ3v) is 3.03. The molecule has 0 radical (unpaired) electrons. The van der Waals surface area contributed by atoms with Gasteiger partial charge in [-0.05, 0) is 31.2 Å². The number of ether oxygens (including phenoxy) is 1. The van der Waals surface area contributed by atoms with Crippen LogP contribution in [-0.4, -0.2) is 12.9 Å². The number of anilines is 3. The first-order chi connectivity index (χ1) is 9.61. The normalized spacial score (nSPS) is 10.3. The molecule has 2 aromatic rings. The fourth-order valence-corrected chi connectivity index (χ4v) is 2.04. The van der Waals surface area contributed by atoms with Crippen molar-refractivity contribution in [3.05, 3.63) is 53.6 Å². The Kier molecular flexibility index (Phi) is 4.38. The van der Waals surface area contributed by atoms with Crippen LogP contribution in [0.25, 0.3) is 0 Å². The van der Waals surface area contributed by atoms with Crippen molar-refractivity contribution < 1.29 is 9.53 Å². The monoisotopic (exact) mass is 270 g/mol. The molecule has 0 fully saturated rings. The van der Waals surface area contributed by atoms with Gasteiger partial charge in [0, 0.05) is 35.3 Å². The summed E-state index contributed by atoms with van der Waals surface area (Å²) in [7, 11) is 1.66. The van der Waals surface area contributed by atoms with Gasteiger partial charge in [0.1, 0.15) is 0 Å². The van der Waals surface area contributed by atoms with Crippen molar-refractivity contribution in [3.8, 4) is 0 Å². The molecule has 0 saturated heterocycles. The van der Waals surface area contributed by atoms with Crippen LogP contribution in [0.1, 0.15) is 22.8 Å². The van der Waals surface area contributed by atoms with E-state index >= 15 is 0 Å². The van der Waals surface area contributed by atoms with Gasteiger partial charge in [-0.1, -0.05) is 18.2 Å². The van der Waals surface area contributed by atoms with Crippen molar-refractivity contribution in [2.24, 2.45) is 0 Å². The summed E-state index contributed by atoms with van der Waals surface area (Å²) in [4.78, 5) is 11.4. The first-order valence-electron chi connectivity index (χ1n) is 6.36. The maximum atomic E-state index is 11.4.